The molecular weight excluding hydrogens is 322 g/mol. The van der Waals surface area contributed by atoms with Gasteiger partial charge in [-0.05, 0) is 30.7 Å². The molecule has 0 unspecified atom stereocenters. The average molecular weight is 341 g/mol. The molecule has 0 aliphatic carbocycles. The van der Waals surface area contributed by atoms with Crippen molar-refractivity contribution < 1.29 is 9.21 Å². The Morgan fingerprint density at radius 1 is 1.08 bits per heavy atom. The number of aromatic nitrogens is 2. The van der Waals surface area contributed by atoms with Crippen molar-refractivity contribution in [1.29, 1.82) is 0 Å². The number of hydrogen-bond acceptors (Lipinski definition) is 5. The largest absolute Gasteiger partial charge is 0.411 e. The first-order chi connectivity index (χ1) is 11.7. The second-order valence-electron chi connectivity index (χ2n) is 5.25. The van der Waals surface area contributed by atoms with E-state index in [9.17, 15) is 4.79 Å². The number of rotatable bonds is 6. The number of fused-ring (bicyclic) bond motifs is 1. The summed E-state index contributed by atoms with van der Waals surface area (Å²) >= 11 is 1.28. The van der Waals surface area contributed by atoms with Gasteiger partial charge in [0.2, 0.25) is 11.8 Å². The summed E-state index contributed by atoms with van der Waals surface area (Å²) in [5.74, 6) is 0.860. The molecule has 0 radical (unpaired) electrons. The SMILES string of the molecule is CCN(CC)C(=O)CSc1nnc(-c2cccc3ccccc23)o1. The molecule has 5 nitrogen and oxygen atoms in total. The lowest BCUT2D eigenvalue weighted by Crippen LogP contribution is -2.31. The highest BCUT2D eigenvalue weighted by Gasteiger charge is 2.15. The lowest BCUT2D eigenvalue weighted by molar-refractivity contribution is -0.127. The highest BCUT2D eigenvalue weighted by molar-refractivity contribution is 7.99. The Bertz CT molecular complexity index is 838. The molecule has 0 aliphatic rings. The first-order valence-corrected chi connectivity index (χ1v) is 8.93. The van der Waals surface area contributed by atoms with Crippen LogP contribution < -0.4 is 0 Å². The van der Waals surface area contributed by atoms with Crippen molar-refractivity contribution >= 4 is 28.4 Å². The van der Waals surface area contributed by atoms with Gasteiger partial charge in [-0.2, -0.15) is 0 Å². The van der Waals surface area contributed by atoms with Gasteiger partial charge in [0.1, 0.15) is 0 Å². The minimum absolute atomic E-state index is 0.0786. The third-order valence-corrected chi connectivity index (χ3v) is 4.66. The molecule has 0 fully saturated rings. The van der Waals surface area contributed by atoms with E-state index in [0.717, 1.165) is 16.3 Å². The molecule has 0 aliphatic heterocycles. The van der Waals surface area contributed by atoms with Crippen molar-refractivity contribution in [1.82, 2.24) is 15.1 Å². The highest BCUT2D eigenvalue weighted by Crippen LogP contribution is 2.29. The third-order valence-electron chi connectivity index (χ3n) is 3.86. The third kappa shape index (κ3) is 3.43. The van der Waals surface area contributed by atoms with Crippen molar-refractivity contribution in [2.75, 3.05) is 18.8 Å². The average Bonchev–Trinajstić information content (AvgIpc) is 3.09. The zero-order valence-electron chi connectivity index (χ0n) is 13.7. The normalized spacial score (nSPS) is 10.9. The van der Waals surface area contributed by atoms with E-state index in [1.54, 1.807) is 4.90 Å². The van der Waals surface area contributed by atoms with Crippen LogP contribution in [-0.2, 0) is 4.79 Å². The first-order valence-electron chi connectivity index (χ1n) is 7.95. The van der Waals surface area contributed by atoms with E-state index in [0.29, 0.717) is 30.0 Å². The molecule has 1 amide bonds. The van der Waals surface area contributed by atoms with Gasteiger partial charge in [-0.1, -0.05) is 48.2 Å². The van der Waals surface area contributed by atoms with Gasteiger partial charge in [0.25, 0.3) is 5.22 Å². The van der Waals surface area contributed by atoms with Crippen molar-refractivity contribution in [2.24, 2.45) is 0 Å². The molecule has 0 saturated heterocycles. The van der Waals surface area contributed by atoms with Crippen LogP contribution in [0.4, 0.5) is 0 Å². The minimum atomic E-state index is 0.0786. The van der Waals surface area contributed by atoms with Gasteiger partial charge in [0.15, 0.2) is 0 Å². The van der Waals surface area contributed by atoms with E-state index < -0.39 is 0 Å². The molecule has 24 heavy (non-hydrogen) atoms. The van der Waals surface area contributed by atoms with Crippen LogP contribution in [-0.4, -0.2) is 39.8 Å². The van der Waals surface area contributed by atoms with Crippen LogP contribution in [0.15, 0.2) is 52.1 Å². The smallest absolute Gasteiger partial charge is 0.277 e. The van der Waals surface area contributed by atoms with E-state index in [1.807, 2.05) is 56.3 Å². The predicted octanol–water partition coefficient (Wildman–Crippen LogP) is 3.85. The number of carbonyl (C=O) groups excluding carboxylic acids is 1. The van der Waals surface area contributed by atoms with Gasteiger partial charge in [-0.15, -0.1) is 10.2 Å². The maximum absolute atomic E-state index is 12.0. The van der Waals surface area contributed by atoms with Crippen LogP contribution in [0.2, 0.25) is 0 Å². The number of amides is 1. The molecule has 1 heterocycles. The van der Waals surface area contributed by atoms with Gasteiger partial charge < -0.3 is 9.32 Å². The van der Waals surface area contributed by atoms with Gasteiger partial charge in [0, 0.05) is 18.7 Å². The zero-order chi connectivity index (χ0) is 16.9. The Labute approximate surface area is 145 Å². The first kappa shape index (κ1) is 16.5. The van der Waals surface area contributed by atoms with Crippen molar-refractivity contribution in [3.8, 4) is 11.5 Å². The van der Waals surface area contributed by atoms with Gasteiger partial charge in [0.05, 0.1) is 5.75 Å². The minimum Gasteiger partial charge on any atom is -0.411 e. The maximum atomic E-state index is 12.0. The predicted molar refractivity (Wildman–Crippen MR) is 95.9 cm³/mol. The zero-order valence-corrected chi connectivity index (χ0v) is 14.5. The number of hydrogen-bond donors (Lipinski definition) is 0. The molecule has 0 atom stereocenters. The number of benzene rings is 2. The van der Waals surface area contributed by atoms with Crippen LogP contribution in [0.3, 0.4) is 0 Å². The van der Waals surface area contributed by atoms with Crippen molar-refractivity contribution in [3.05, 3.63) is 42.5 Å². The lowest BCUT2D eigenvalue weighted by Gasteiger charge is -2.17. The molecule has 0 saturated carbocycles. The maximum Gasteiger partial charge on any atom is 0.277 e. The monoisotopic (exact) mass is 341 g/mol. The molecule has 3 rings (SSSR count). The standard InChI is InChI=1S/C18H19N3O2S/c1-3-21(4-2)16(22)12-24-18-20-19-17(23-18)15-11-7-9-13-8-5-6-10-14(13)15/h5-11H,3-4,12H2,1-2H3. The summed E-state index contributed by atoms with van der Waals surface area (Å²) in [7, 11) is 0. The summed E-state index contributed by atoms with van der Waals surface area (Å²) in [6.45, 7) is 5.36. The molecular formula is C18H19N3O2S. The molecule has 3 aromatic rings. The fraction of sp³-hybridized carbons (Fsp3) is 0.278. The second kappa shape index (κ2) is 7.49. The number of carbonyl (C=O) groups is 1. The molecule has 6 heteroatoms. The summed E-state index contributed by atoms with van der Waals surface area (Å²) in [5.41, 5.74) is 0.905. The number of nitrogens with zero attached hydrogens (tertiary/aromatic N) is 3. The fourth-order valence-electron chi connectivity index (χ4n) is 2.58. The summed E-state index contributed by atoms with van der Waals surface area (Å²) in [4.78, 5) is 13.8. The summed E-state index contributed by atoms with van der Waals surface area (Å²) in [6.07, 6.45) is 0. The Kier molecular flexibility index (Phi) is 5.15. The van der Waals surface area contributed by atoms with E-state index in [2.05, 4.69) is 10.2 Å². The molecule has 0 N–H and O–H groups in total. The Morgan fingerprint density at radius 2 is 1.83 bits per heavy atom. The van der Waals surface area contributed by atoms with Gasteiger partial charge in [-0.25, -0.2) is 0 Å². The van der Waals surface area contributed by atoms with E-state index in [4.69, 9.17) is 4.42 Å². The molecule has 124 valence electrons. The molecule has 0 bridgehead atoms. The van der Waals surface area contributed by atoms with Crippen LogP contribution in [0.1, 0.15) is 13.8 Å². The van der Waals surface area contributed by atoms with Crippen LogP contribution in [0, 0.1) is 0 Å². The van der Waals surface area contributed by atoms with E-state index >= 15 is 0 Å². The topological polar surface area (TPSA) is 59.2 Å². The van der Waals surface area contributed by atoms with Crippen LogP contribution in [0.25, 0.3) is 22.2 Å². The number of thioether (sulfide) groups is 1. The highest BCUT2D eigenvalue weighted by atomic mass is 32.2. The van der Waals surface area contributed by atoms with Crippen LogP contribution in [0.5, 0.6) is 0 Å². The molecule has 0 spiro atoms. The molecule has 1 aromatic heterocycles. The molecule has 2 aromatic carbocycles. The van der Waals surface area contributed by atoms with Crippen molar-refractivity contribution in [3.63, 3.8) is 0 Å². The van der Waals surface area contributed by atoms with E-state index in [1.165, 1.54) is 11.8 Å². The second-order valence-corrected chi connectivity index (χ2v) is 6.18. The van der Waals surface area contributed by atoms with E-state index in [-0.39, 0.29) is 5.91 Å². The summed E-state index contributed by atoms with van der Waals surface area (Å²) in [5, 5.41) is 10.8. The summed E-state index contributed by atoms with van der Waals surface area (Å²) in [6, 6.07) is 14.1. The van der Waals surface area contributed by atoms with Gasteiger partial charge >= 0.3 is 0 Å². The quantitative estimate of drug-likeness (QED) is 0.637. The Morgan fingerprint density at radius 3 is 2.62 bits per heavy atom. The van der Waals surface area contributed by atoms with Crippen molar-refractivity contribution in [2.45, 2.75) is 19.1 Å². The Balaban J connectivity index is 1.77. The van der Waals surface area contributed by atoms with Gasteiger partial charge in [-0.3, -0.25) is 4.79 Å². The Hall–Kier alpha value is -2.34. The summed E-state index contributed by atoms with van der Waals surface area (Å²) < 4.78 is 5.75. The van der Waals surface area contributed by atoms with Crippen LogP contribution >= 0.6 is 11.8 Å². The lowest BCUT2D eigenvalue weighted by atomic mass is 10.0. The fourth-order valence-corrected chi connectivity index (χ4v) is 3.25.